The topological polar surface area (TPSA) is 164 Å². The molecule has 352 valence electrons. The molecule has 0 bridgehead atoms. The molecule has 64 heavy (non-hydrogen) atoms. The lowest BCUT2D eigenvalue weighted by Gasteiger charge is -2.20. The van der Waals surface area contributed by atoms with Gasteiger partial charge in [-0.25, -0.2) is 19.2 Å². The van der Waals surface area contributed by atoms with E-state index in [1.54, 1.807) is 13.8 Å². The molecule has 12 nitrogen and oxygen atoms in total. The molecule has 4 aromatic carbocycles. The van der Waals surface area contributed by atoms with E-state index in [1.807, 2.05) is 48.5 Å². The van der Waals surface area contributed by atoms with Gasteiger partial charge in [0, 0.05) is 21.5 Å². The van der Waals surface area contributed by atoms with Crippen LogP contribution in [0.1, 0.15) is 186 Å². The molecule has 12 heteroatoms. The molecular formula is C52H72O12. The van der Waals surface area contributed by atoms with Gasteiger partial charge in [0.15, 0.2) is 0 Å². The highest BCUT2D eigenvalue weighted by Gasteiger charge is 2.33. The predicted molar refractivity (Wildman–Crippen MR) is 252 cm³/mol. The number of fused-ring (bicyclic) bond motifs is 2. The number of benzene rings is 4. The Kier molecular flexibility index (Phi) is 24.6. The van der Waals surface area contributed by atoms with E-state index in [1.165, 1.54) is 0 Å². The van der Waals surface area contributed by atoms with Crippen molar-refractivity contribution in [1.82, 2.24) is 0 Å². The Labute approximate surface area is 379 Å². The van der Waals surface area contributed by atoms with Crippen LogP contribution >= 0.6 is 0 Å². The van der Waals surface area contributed by atoms with Crippen molar-refractivity contribution >= 4 is 45.4 Å². The average molecular weight is 889 g/mol. The summed E-state index contributed by atoms with van der Waals surface area (Å²) in [5.74, 6) is -2.99. The molecule has 0 radical (unpaired) electrons. The van der Waals surface area contributed by atoms with Crippen molar-refractivity contribution in [1.29, 1.82) is 0 Å². The summed E-state index contributed by atoms with van der Waals surface area (Å²) in [6.07, 6.45) is 16.1. The fraction of sp³-hybridized carbons (Fsp3) is 0.538. The van der Waals surface area contributed by atoms with Crippen LogP contribution in [0, 0.1) is 0 Å². The van der Waals surface area contributed by atoms with Crippen molar-refractivity contribution in [2.75, 3.05) is 39.6 Å². The molecule has 0 amide bonds. The monoisotopic (exact) mass is 889 g/mol. The molecule has 0 aliphatic rings. The second-order valence-corrected chi connectivity index (χ2v) is 15.6. The summed E-state index contributed by atoms with van der Waals surface area (Å²) in [5.41, 5.74) is -0.531. The second kappa shape index (κ2) is 29.8. The SMILES string of the molecule is CCCCCCOc1c(C(=O)O)c(C(=O)OCC)c(OCCCCCC)c2ccccc12.CCCCCCOc1c(C(=O)O)c(C(=O)OCC)c(OCCCCCC)c2ccccc12. The first kappa shape index (κ1) is 52.8. The van der Waals surface area contributed by atoms with Gasteiger partial charge in [0.05, 0.1) is 39.6 Å². The van der Waals surface area contributed by atoms with E-state index < -0.39 is 23.9 Å². The van der Waals surface area contributed by atoms with Gasteiger partial charge < -0.3 is 38.6 Å². The van der Waals surface area contributed by atoms with Crippen LogP contribution in [0.3, 0.4) is 0 Å². The zero-order chi connectivity index (χ0) is 46.7. The molecule has 0 aliphatic carbocycles. The number of ether oxygens (including phenoxy) is 6. The highest BCUT2D eigenvalue weighted by molar-refractivity contribution is 6.15. The van der Waals surface area contributed by atoms with Gasteiger partial charge in [-0.15, -0.1) is 0 Å². The van der Waals surface area contributed by atoms with Gasteiger partial charge in [-0.3, -0.25) is 0 Å². The lowest BCUT2D eigenvalue weighted by molar-refractivity contribution is 0.0503. The van der Waals surface area contributed by atoms with Gasteiger partial charge in [-0.2, -0.15) is 0 Å². The summed E-state index contributed by atoms with van der Waals surface area (Å²) >= 11 is 0. The highest BCUT2D eigenvalue weighted by Crippen LogP contribution is 2.43. The zero-order valence-electron chi connectivity index (χ0n) is 39.2. The minimum atomic E-state index is -1.24. The summed E-state index contributed by atoms with van der Waals surface area (Å²) in [5, 5.41) is 22.7. The normalized spacial score (nSPS) is 10.8. The Hall–Kier alpha value is -5.52. The maximum atomic E-state index is 12.9. The van der Waals surface area contributed by atoms with Crippen LogP contribution in [0.2, 0.25) is 0 Å². The molecule has 0 fully saturated rings. The molecule has 0 heterocycles. The van der Waals surface area contributed by atoms with Crippen LogP contribution in [0.15, 0.2) is 48.5 Å². The van der Waals surface area contributed by atoms with Crippen LogP contribution in [0.25, 0.3) is 21.5 Å². The number of hydrogen-bond donors (Lipinski definition) is 2. The lowest BCUT2D eigenvalue weighted by Crippen LogP contribution is -2.17. The number of carboxylic acids is 2. The Morgan fingerprint density at radius 3 is 0.844 bits per heavy atom. The third kappa shape index (κ3) is 15.3. The van der Waals surface area contributed by atoms with Crippen LogP contribution in [-0.4, -0.2) is 73.7 Å². The minimum Gasteiger partial charge on any atom is -0.492 e. The Bertz CT molecular complexity index is 1930. The number of aromatic carboxylic acids is 2. The second-order valence-electron chi connectivity index (χ2n) is 15.6. The zero-order valence-corrected chi connectivity index (χ0v) is 39.2. The van der Waals surface area contributed by atoms with E-state index in [2.05, 4.69) is 27.7 Å². The fourth-order valence-electron chi connectivity index (χ4n) is 7.37. The van der Waals surface area contributed by atoms with Crippen LogP contribution < -0.4 is 18.9 Å². The van der Waals surface area contributed by atoms with Crippen molar-refractivity contribution in [3.63, 3.8) is 0 Å². The van der Waals surface area contributed by atoms with Crippen molar-refractivity contribution in [3.8, 4) is 23.0 Å². The van der Waals surface area contributed by atoms with E-state index >= 15 is 0 Å². The summed E-state index contributed by atoms with van der Waals surface area (Å²) in [7, 11) is 0. The third-order valence-corrected chi connectivity index (χ3v) is 10.6. The largest absolute Gasteiger partial charge is 0.492 e. The Morgan fingerprint density at radius 2 is 0.625 bits per heavy atom. The van der Waals surface area contributed by atoms with E-state index in [0.29, 0.717) is 48.0 Å². The third-order valence-electron chi connectivity index (χ3n) is 10.6. The number of esters is 2. The standard InChI is InChI=1S/2C26H36O6/c2*1-4-7-9-13-17-31-23-19-15-11-12-16-20(19)24(32-18-14-10-8-5-2)22(21(23)25(27)28)26(29)30-6-3/h2*11-12,15-16H,4-10,13-14,17-18H2,1-3H3,(H,27,28). The maximum absolute atomic E-state index is 12.9. The molecule has 0 saturated carbocycles. The molecule has 0 aromatic heterocycles. The van der Waals surface area contributed by atoms with E-state index in [-0.39, 0.29) is 58.5 Å². The number of unbranched alkanes of at least 4 members (excludes halogenated alkanes) is 12. The summed E-state index contributed by atoms with van der Waals surface area (Å²) in [4.78, 5) is 50.5. The first-order valence-corrected chi connectivity index (χ1v) is 23.6. The van der Waals surface area contributed by atoms with Gasteiger partial charge >= 0.3 is 23.9 Å². The minimum absolute atomic E-state index is 0.0721. The highest BCUT2D eigenvalue weighted by atomic mass is 16.5. The number of carbonyl (C=O) groups is 4. The van der Waals surface area contributed by atoms with Gasteiger partial charge in [-0.1, -0.05) is 153 Å². The van der Waals surface area contributed by atoms with E-state index in [9.17, 15) is 29.4 Å². The van der Waals surface area contributed by atoms with Gasteiger partial charge in [-0.05, 0) is 39.5 Å². The van der Waals surface area contributed by atoms with E-state index in [4.69, 9.17) is 28.4 Å². The molecule has 0 unspecified atom stereocenters. The average Bonchev–Trinajstić information content (AvgIpc) is 3.29. The molecule has 0 saturated heterocycles. The molecule has 0 atom stereocenters. The van der Waals surface area contributed by atoms with Crippen molar-refractivity contribution in [2.45, 2.75) is 144 Å². The number of carbonyl (C=O) groups excluding carboxylic acids is 2. The van der Waals surface area contributed by atoms with Crippen LogP contribution in [-0.2, 0) is 9.47 Å². The molecule has 0 aliphatic heterocycles. The summed E-state index contributed by atoms with van der Waals surface area (Å²) < 4.78 is 34.5. The first-order valence-electron chi connectivity index (χ1n) is 23.6. The Balaban J connectivity index is 0.000000340. The smallest absolute Gasteiger partial charge is 0.342 e. The van der Waals surface area contributed by atoms with Crippen molar-refractivity contribution in [3.05, 3.63) is 70.8 Å². The van der Waals surface area contributed by atoms with Crippen LogP contribution in [0.4, 0.5) is 0 Å². The van der Waals surface area contributed by atoms with E-state index in [0.717, 1.165) is 103 Å². The lowest BCUT2D eigenvalue weighted by atomic mass is 9.97. The molecule has 4 rings (SSSR count). The first-order chi connectivity index (χ1) is 31.1. The molecule has 4 aromatic rings. The molecule has 2 N–H and O–H groups in total. The maximum Gasteiger partial charge on any atom is 0.342 e. The molecule has 0 spiro atoms. The number of carboxylic acid groups (broad SMARTS) is 2. The van der Waals surface area contributed by atoms with Gasteiger partial charge in [0.25, 0.3) is 0 Å². The summed E-state index contributed by atoms with van der Waals surface area (Å²) in [6, 6.07) is 14.6. The fourth-order valence-corrected chi connectivity index (χ4v) is 7.37. The van der Waals surface area contributed by atoms with Gasteiger partial charge in [0.1, 0.15) is 45.3 Å². The number of rotatable bonds is 30. The quantitative estimate of drug-likeness (QED) is 0.0377. The van der Waals surface area contributed by atoms with Crippen molar-refractivity contribution < 1.29 is 57.8 Å². The Morgan fingerprint density at radius 1 is 0.375 bits per heavy atom. The summed E-state index contributed by atoms with van der Waals surface area (Å²) in [6.45, 7) is 13.7. The predicted octanol–water partition coefficient (Wildman–Crippen LogP) is 13.3. The van der Waals surface area contributed by atoms with Crippen LogP contribution in [0.5, 0.6) is 23.0 Å². The molecular weight excluding hydrogens is 817 g/mol. The number of hydrogen-bond acceptors (Lipinski definition) is 10. The van der Waals surface area contributed by atoms with Gasteiger partial charge in [0.2, 0.25) is 0 Å². The van der Waals surface area contributed by atoms with Crippen molar-refractivity contribution in [2.24, 2.45) is 0 Å².